The summed E-state index contributed by atoms with van der Waals surface area (Å²) in [4.78, 5) is 28.8. The van der Waals surface area contributed by atoms with Gasteiger partial charge in [-0.2, -0.15) is 0 Å². The van der Waals surface area contributed by atoms with E-state index in [1.165, 1.54) is 31.6 Å². The molecule has 1 aliphatic heterocycles. The van der Waals surface area contributed by atoms with Crippen molar-refractivity contribution >= 4 is 29.3 Å². The van der Waals surface area contributed by atoms with Crippen LogP contribution in [0.4, 0.5) is 0 Å². The summed E-state index contributed by atoms with van der Waals surface area (Å²) in [6.07, 6.45) is 3.94. The molecular weight excluding hydrogens is 418 g/mol. The summed E-state index contributed by atoms with van der Waals surface area (Å²) in [5, 5.41) is 20.7. The number of rotatable bonds is 6. The minimum absolute atomic E-state index is 0. The number of aryl methyl sites for hydroxylation is 1. The molecule has 1 saturated heterocycles. The first-order valence-electron chi connectivity index (χ1n) is 10.4. The van der Waals surface area contributed by atoms with Gasteiger partial charge in [-0.3, -0.25) is 4.79 Å². The van der Waals surface area contributed by atoms with Gasteiger partial charge < -0.3 is 24.7 Å². The van der Waals surface area contributed by atoms with Gasteiger partial charge in [-0.25, -0.2) is 4.79 Å². The van der Waals surface area contributed by atoms with Crippen molar-refractivity contribution in [2.45, 2.75) is 32.6 Å². The summed E-state index contributed by atoms with van der Waals surface area (Å²) < 4.78 is 2.20. The van der Waals surface area contributed by atoms with Gasteiger partial charge in [0.15, 0.2) is 5.56 Å². The highest BCUT2D eigenvalue weighted by molar-refractivity contribution is 5.92. The maximum absolute atomic E-state index is 12.3. The van der Waals surface area contributed by atoms with Crippen molar-refractivity contribution < 1.29 is 15.0 Å². The van der Waals surface area contributed by atoms with E-state index in [9.17, 15) is 19.8 Å². The third-order valence-corrected chi connectivity index (χ3v) is 6.17. The largest absolute Gasteiger partial charge is 0.506 e. The van der Waals surface area contributed by atoms with Gasteiger partial charge in [0.1, 0.15) is 5.75 Å². The Hall–Kier alpha value is -2.77. The average Bonchev–Trinajstić information content (AvgIpc) is 3.33. The molecule has 0 unspecified atom stereocenters. The summed E-state index contributed by atoms with van der Waals surface area (Å²) in [5.41, 5.74) is 2.59. The first kappa shape index (κ1) is 22.9. The summed E-state index contributed by atoms with van der Waals surface area (Å²) >= 11 is 0. The predicted octanol–water partition coefficient (Wildman–Crippen LogP) is 3.56. The molecule has 8 heteroatoms. The van der Waals surface area contributed by atoms with E-state index in [1.807, 2.05) is 25.1 Å². The highest BCUT2D eigenvalue weighted by Crippen LogP contribution is 2.32. The van der Waals surface area contributed by atoms with Gasteiger partial charge in [0.25, 0.3) is 5.56 Å². The number of aromatic nitrogens is 2. The predicted molar refractivity (Wildman–Crippen MR) is 124 cm³/mol. The first-order chi connectivity index (χ1) is 14.4. The second kappa shape index (κ2) is 9.16. The number of nitrogens with one attached hydrogen (secondary N) is 1. The number of pyridine rings is 1. The number of aromatic hydroxyl groups is 1. The molecule has 1 fully saturated rings. The van der Waals surface area contributed by atoms with Crippen LogP contribution in [0, 0.1) is 0 Å². The lowest BCUT2D eigenvalue weighted by Gasteiger charge is -2.14. The summed E-state index contributed by atoms with van der Waals surface area (Å²) in [7, 11) is 2.06. The van der Waals surface area contributed by atoms with Gasteiger partial charge in [-0.05, 0) is 56.1 Å². The van der Waals surface area contributed by atoms with Gasteiger partial charge in [0, 0.05) is 42.2 Å². The van der Waals surface area contributed by atoms with E-state index >= 15 is 0 Å². The summed E-state index contributed by atoms with van der Waals surface area (Å²) in [6, 6.07) is 8.06. The molecule has 0 atom stereocenters. The Morgan fingerprint density at radius 1 is 1.19 bits per heavy atom. The van der Waals surface area contributed by atoms with Crippen LogP contribution in [-0.2, 0) is 19.9 Å². The zero-order chi connectivity index (χ0) is 21.4. The molecule has 7 nitrogen and oxygen atoms in total. The zero-order valence-corrected chi connectivity index (χ0v) is 18.6. The van der Waals surface area contributed by atoms with Gasteiger partial charge in [-0.1, -0.05) is 13.0 Å². The zero-order valence-electron chi connectivity index (χ0n) is 17.8. The number of halogens is 1. The van der Waals surface area contributed by atoms with E-state index in [2.05, 4.69) is 27.6 Å². The standard InChI is InChI=1S/C23H27N3O4.ClH/c1-3-17-20(24-22(28)19(21(17)27)23(29)30)14-6-7-18-15(12-14)13-16(25(18)2)8-11-26-9-4-5-10-26;/h6-7,12-13H,3-5,8-11H2,1-2H3,(H,29,30)(H2,24,27,28);1H. The third-order valence-electron chi connectivity index (χ3n) is 6.17. The van der Waals surface area contributed by atoms with E-state index < -0.39 is 22.8 Å². The normalized spacial score (nSPS) is 14.1. The monoisotopic (exact) mass is 445 g/mol. The molecule has 31 heavy (non-hydrogen) atoms. The van der Waals surface area contributed by atoms with Crippen molar-refractivity contribution in [2.24, 2.45) is 7.05 Å². The lowest BCUT2D eigenvalue weighted by atomic mass is 9.99. The van der Waals surface area contributed by atoms with E-state index in [0.29, 0.717) is 17.7 Å². The van der Waals surface area contributed by atoms with Crippen LogP contribution in [0.1, 0.15) is 41.4 Å². The van der Waals surface area contributed by atoms with Crippen molar-refractivity contribution in [1.29, 1.82) is 0 Å². The molecule has 0 bridgehead atoms. The van der Waals surface area contributed by atoms with Crippen LogP contribution < -0.4 is 5.56 Å². The minimum Gasteiger partial charge on any atom is -0.506 e. The molecule has 0 saturated carbocycles. The average molecular weight is 446 g/mol. The molecule has 0 spiro atoms. The maximum Gasteiger partial charge on any atom is 0.345 e. The second-order valence-corrected chi connectivity index (χ2v) is 7.96. The van der Waals surface area contributed by atoms with Crippen LogP contribution in [0.5, 0.6) is 5.75 Å². The first-order valence-corrected chi connectivity index (χ1v) is 10.4. The number of carbonyl (C=O) groups is 1. The number of fused-ring (bicyclic) bond motifs is 1. The molecule has 3 heterocycles. The second-order valence-electron chi connectivity index (χ2n) is 7.96. The molecule has 3 N–H and O–H groups in total. The molecule has 1 aliphatic rings. The number of aromatic amines is 1. The molecule has 2 aromatic heterocycles. The number of carboxylic acid groups (broad SMARTS) is 1. The van der Waals surface area contributed by atoms with Crippen LogP contribution in [0.3, 0.4) is 0 Å². The highest BCUT2D eigenvalue weighted by Gasteiger charge is 2.22. The van der Waals surface area contributed by atoms with Crippen molar-refractivity contribution in [1.82, 2.24) is 14.5 Å². The Morgan fingerprint density at radius 3 is 2.55 bits per heavy atom. The minimum atomic E-state index is -1.43. The Bertz CT molecular complexity index is 1180. The van der Waals surface area contributed by atoms with Gasteiger partial charge in [0.05, 0.1) is 5.69 Å². The number of hydrogen-bond donors (Lipinski definition) is 3. The number of benzene rings is 1. The number of likely N-dealkylation sites (tertiary alicyclic amines) is 1. The smallest absolute Gasteiger partial charge is 0.345 e. The fraction of sp³-hybridized carbons (Fsp3) is 0.391. The lowest BCUT2D eigenvalue weighted by molar-refractivity contribution is 0.0691. The Labute approximate surface area is 186 Å². The molecular formula is C23H28ClN3O4. The van der Waals surface area contributed by atoms with Crippen LogP contribution in [0.15, 0.2) is 29.1 Å². The third kappa shape index (κ3) is 4.20. The van der Waals surface area contributed by atoms with Crippen LogP contribution in [-0.4, -0.2) is 50.3 Å². The number of aromatic carboxylic acids is 1. The highest BCUT2D eigenvalue weighted by atomic mass is 35.5. The summed E-state index contributed by atoms with van der Waals surface area (Å²) in [6.45, 7) is 5.23. The fourth-order valence-electron chi connectivity index (χ4n) is 4.50. The number of hydrogen-bond acceptors (Lipinski definition) is 4. The SMILES string of the molecule is CCc1c(-c2ccc3c(c2)cc(CCN2CCCC2)n3C)[nH]c(=O)c(C(=O)O)c1O.Cl. The van der Waals surface area contributed by atoms with Gasteiger partial charge in [0.2, 0.25) is 0 Å². The van der Waals surface area contributed by atoms with E-state index in [4.69, 9.17) is 0 Å². The van der Waals surface area contributed by atoms with Crippen LogP contribution >= 0.6 is 12.4 Å². The number of carboxylic acids is 1. The number of H-pyrrole nitrogens is 1. The van der Waals surface area contributed by atoms with Crippen LogP contribution in [0.2, 0.25) is 0 Å². The fourth-order valence-corrected chi connectivity index (χ4v) is 4.50. The Morgan fingerprint density at radius 2 is 1.90 bits per heavy atom. The molecule has 0 amide bonds. The van der Waals surface area contributed by atoms with Crippen molar-refractivity contribution in [3.63, 3.8) is 0 Å². The summed E-state index contributed by atoms with van der Waals surface area (Å²) in [5.74, 6) is -1.89. The molecule has 166 valence electrons. The van der Waals surface area contributed by atoms with Crippen LogP contribution in [0.25, 0.3) is 22.2 Å². The van der Waals surface area contributed by atoms with Crippen molar-refractivity contribution in [2.75, 3.05) is 19.6 Å². The van der Waals surface area contributed by atoms with Crippen molar-refractivity contribution in [3.05, 3.63) is 51.4 Å². The Kier molecular flexibility index (Phi) is 6.77. The topological polar surface area (TPSA) is 98.6 Å². The van der Waals surface area contributed by atoms with E-state index in [-0.39, 0.29) is 12.4 Å². The molecule has 4 rings (SSSR count). The molecule has 1 aromatic carbocycles. The quantitative estimate of drug-likeness (QED) is 0.538. The molecule has 0 aliphatic carbocycles. The van der Waals surface area contributed by atoms with E-state index in [1.54, 1.807) is 0 Å². The maximum atomic E-state index is 12.3. The van der Waals surface area contributed by atoms with E-state index in [0.717, 1.165) is 29.4 Å². The molecule has 0 radical (unpaired) electrons. The number of nitrogens with zero attached hydrogens (tertiary/aromatic N) is 2. The molecule has 3 aromatic rings. The Balaban J connectivity index is 0.00000272. The van der Waals surface area contributed by atoms with Crippen molar-refractivity contribution in [3.8, 4) is 17.0 Å². The van der Waals surface area contributed by atoms with Gasteiger partial charge in [-0.15, -0.1) is 12.4 Å². The lowest BCUT2D eigenvalue weighted by Crippen LogP contribution is -2.22. The van der Waals surface area contributed by atoms with Gasteiger partial charge >= 0.3 is 5.97 Å².